The van der Waals surface area contributed by atoms with Gasteiger partial charge in [0.1, 0.15) is 23.4 Å². The summed E-state index contributed by atoms with van der Waals surface area (Å²) in [5, 5.41) is 0. The van der Waals surface area contributed by atoms with E-state index in [2.05, 4.69) is 9.97 Å². The number of hydrogen-bond acceptors (Lipinski definition) is 9. The molecule has 4 heterocycles. The molecule has 182 valence electrons. The molecule has 1 aliphatic carbocycles. The summed E-state index contributed by atoms with van der Waals surface area (Å²) in [4.78, 5) is 33.1. The van der Waals surface area contributed by atoms with Crippen LogP contribution in [-0.4, -0.2) is 65.7 Å². The fourth-order valence-electron chi connectivity index (χ4n) is 4.51. The number of hydrogen-bond donors (Lipinski definition) is 0. The molecule has 9 nitrogen and oxygen atoms in total. The molecule has 0 bridgehead atoms. The summed E-state index contributed by atoms with van der Waals surface area (Å²) >= 11 is 0. The zero-order valence-electron chi connectivity index (χ0n) is 20.1. The zero-order valence-corrected chi connectivity index (χ0v) is 20.1. The Morgan fingerprint density at radius 1 is 1.20 bits per heavy atom. The first-order valence-corrected chi connectivity index (χ1v) is 11.9. The summed E-state index contributed by atoms with van der Waals surface area (Å²) in [7, 11) is 3.47. The number of nitrogens with zero attached hydrogens (tertiary/aromatic N) is 5. The molecule has 0 aromatic carbocycles. The second-order valence-corrected chi connectivity index (χ2v) is 8.91. The highest BCUT2D eigenvalue weighted by Gasteiger charge is 2.24. The van der Waals surface area contributed by atoms with Crippen molar-refractivity contribution >= 4 is 11.6 Å². The van der Waals surface area contributed by atoms with Crippen molar-refractivity contribution in [3.05, 3.63) is 53.5 Å². The maximum absolute atomic E-state index is 12.8. The van der Waals surface area contributed by atoms with Gasteiger partial charge in [-0.15, -0.1) is 0 Å². The number of rotatable bonds is 9. The predicted octanol–water partition coefficient (Wildman–Crippen LogP) is 2.85. The van der Waals surface area contributed by atoms with Gasteiger partial charge in [-0.3, -0.25) is 9.78 Å². The van der Waals surface area contributed by atoms with Crippen molar-refractivity contribution in [1.29, 1.82) is 0 Å². The minimum absolute atomic E-state index is 0.0554. The van der Waals surface area contributed by atoms with Crippen LogP contribution in [0.1, 0.15) is 29.7 Å². The van der Waals surface area contributed by atoms with Crippen LogP contribution in [-0.2, 0) is 28.8 Å². The number of carbonyl (C=O) groups is 1. The smallest absolute Gasteiger partial charge is 0.212 e. The van der Waals surface area contributed by atoms with Crippen molar-refractivity contribution in [2.75, 3.05) is 38.8 Å². The number of anilines is 1. The van der Waals surface area contributed by atoms with Crippen LogP contribution >= 0.6 is 0 Å². The normalized spacial score (nSPS) is 16.7. The van der Waals surface area contributed by atoms with E-state index >= 15 is 0 Å². The van der Waals surface area contributed by atoms with E-state index < -0.39 is 0 Å². The number of ketones is 1. The molecule has 0 amide bonds. The Kier molecular flexibility index (Phi) is 6.85. The lowest BCUT2D eigenvalue weighted by molar-refractivity contribution is -0.117. The fraction of sp³-hybridized carbons (Fsp3) is 0.423. The van der Waals surface area contributed by atoms with E-state index in [1.165, 1.54) is 0 Å². The highest BCUT2D eigenvalue weighted by Crippen LogP contribution is 2.31. The molecular formula is C26H29N5O4. The Labute approximate surface area is 204 Å². The number of likely N-dealkylation sites (N-methyl/N-ethyl adjacent to an activating group) is 1. The molecular weight excluding hydrogens is 446 g/mol. The van der Waals surface area contributed by atoms with Crippen LogP contribution in [0.4, 0.5) is 5.82 Å². The molecule has 3 aromatic heterocycles. The number of ether oxygens (including phenoxy) is 3. The molecule has 0 radical (unpaired) electrons. The Hall–Kier alpha value is -3.59. The maximum atomic E-state index is 12.8. The molecule has 35 heavy (non-hydrogen) atoms. The summed E-state index contributed by atoms with van der Waals surface area (Å²) < 4.78 is 16.5. The van der Waals surface area contributed by atoms with Crippen LogP contribution in [0.5, 0.6) is 11.6 Å². The zero-order chi connectivity index (χ0) is 24.2. The third kappa shape index (κ3) is 5.40. The molecule has 0 spiro atoms. The van der Waals surface area contributed by atoms with Gasteiger partial charge in [-0.2, -0.15) is 0 Å². The summed E-state index contributed by atoms with van der Waals surface area (Å²) in [6.45, 7) is 1.57. The van der Waals surface area contributed by atoms with Gasteiger partial charge in [0.2, 0.25) is 5.88 Å². The minimum Gasteiger partial charge on any atom is -0.488 e. The minimum atomic E-state index is 0.0554. The molecule has 1 fully saturated rings. The van der Waals surface area contributed by atoms with E-state index in [0.29, 0.717) is 30.4 Å². The Bertz CT molecular complexity index is 1190. The number of fused-ring (bicyclic) bond motifs is 1. The largest absolute Gasteiger partial charge is 0.488 e. The fourth-order valence-corrected chi connectivity index (χ4v) is 4.51. The molecule has 5 rings (SSSR count). The number of carbonyl (C=O) groups excluding carboxylic acids is 1. The Morgan fingerprint density at radius 3 is 2.89 bits per heavy atom. The van der Waals surface area contributed by atoms with E-state index in [4.69, 9.17) is 24.2 Å². The average molecular weight is 476 g/mol. The summed E-state index contributed by atoms with van der Waals surface area (Å²) in [5.41, 5.74) is 3.65. The van der Waals surface area contributed by atoms with E-state index in [-0.39, 0.29) is 18.4 Å². The van der Waals surface area contributed by atoms with E-state index in [1.54, 1.807) is 25.6 Å². The van der Waals surface area contributed by atoms with Gasteiger partial charge in [-0.25, -0.2) is 15.0 Å². The van der Waals surface area contributed by atoms with Gasteiger partial charge in [0.05, 0.1) is 26.9 Å². The van der Waals surface area contributed by atoms with Gasteiger partial charge in [0.15, 0.2) is 11.6 Å². The number of Topliss-reactive ketones (excluding diaryl/α,β-unsaturated/α-hetero) is 1. The summed E-state index contributed by atoms with van der Waals surface area (Å²) in [6.07, 6.45) is 7.45. The van der Waals surface area contributed by atoms with Crippen LogP contribution in [0.3, 0.4) is 0 Å². The molecule has 3 aromatic rings. The standard InChI is InChI=1S/C26H29N5O4/c1-31(15-18(32)12-17-6-7-24(33-2)28-14-17)26-21-4-3-5-22(21)29-25(30-26)23-13-19(8-10-27-23)35-20-9-11-34-16-20/h6-8,10,13-14,20H,3-5,9,11-12,15-16H2,1-2H3/t20-/m0/s1. The molecule has 1 aliphatic heterocycles. The van der Waals surface area contributed by atoms with Gasteiger partial charge in [-0.05, 0) is 30.9 Å². The Morgan fingerprint density at radius 2 is 2.11 bits per heavy atom. The third-order valence-electron chi connectivity index (χ3n) is 6.25. The SMILES string of the molecule is COc1ccc(CC(=O)CN(C)c2nc(-c3cc(O[C@H]4CCOC4)ccn3)nc3c2CCC3)cn1. The van der Waals surface area contributed by atoms with E-state index in [9.17, 15) is 4.79 Å². The second kappa shape index (κ2) is 10.4. The van der Waals surface area contributed by atoms with Gasteiger partial charge >= 0.3 is 0 Å². The lowest BCUT2D eigenvalue weighted by Crippen LogP contribution is -2.28. The quantitative estimate of drug-likeness (QED) is 0.462. The molecule has 9 heteroatoms. The van der Waals surface area contributed by atoms with E-state index in [1.807, 2.05) is 30.1 Å². The molecule has 2 aliphatic rings. The van der Waals surface area contributed by atoms with Gasteiger partial charge in [-0.1, -0.05) is 6.07 Å². The number of aromatic nitrogens is 4. The monoisotopic (exact) mass is 475 g/mol. The molecule has 0 N–H and O–H groups in total. The number of pyridine rings is 2. The molecule has 0 saturated carbocycles. The molecule has 1 saturated heterocycles. The summed E-state index contributed by atoms with van der Waals surface area (Å²) in [6, 6.07) is 7.35. The van der Waals surface area contributed by atoms with Crippen molar-refractivity contribution in [2.24, 2.45) is 0 Å². The average Bonchev–Trinajstić information content (AvgIpc) is 3.56. The van der Waals surface area contributed by atoms with Gasteiger partial charge in [0, 0.05) is 55.7 Å². The lowest BCUT2D eigenvalue weighted by atomic mass is 10.1. The molecule has 1 atom stereocenters. The maximum Gasteiger partial charge on any atom is 0.212 e. The lowest BCUT2D eigenvalue weighted by Gasteiger charge is -2.21. The number of aryl methyl sites for hydroxylation is 1. The molecule has 0 unspecified atom stereocenters. The predicted molar refractivity (Wildman–Crippen MR) is 130 cm³/mol. The van der Waals surface area contributed by atoms with Crippen molar-refractivity contribution in [2.45, 2.75) is 38.2 Å². The topological polar surface area (TPSA) is 99.6 Å². The Balaban J connectivity index is 1.34. The van der Waals surface area contributed by atoms with Crippen molar-refractivity contribution < 1.29 is 19.0 Å². The highest BCUT2D eigenvalue weighted by atomic mass is 16.5. The first-order chi connectivity index (χ1) is 17.1. The van der Waals surface area contributed by atoms with Crippen LogP contribution in [0.25, 0.3) is 11.5 Å². The third-order valence-corrected chi connectivity index (χ3v) is 6.25. The van der Waals surface area contributed by atoms with Crippen molar-refractivity contribution in [3.63, 3.8) is 0 Å². The van der Waals surface area contributed by atoms with Gasteiger partial charge < -0.3 is 19.1 Å². The number of methoxy groups -OCH3 is 1. The van der Waals surface area contributed by atoms with Gasteiger partial charge in [0.25, 0.3) is 0 Å². The first-order valence-electron chi connectivity index (χ1n) is 11.9. The van der Waals surface area contributed by atoms with Crippen LogP contribution in [0.2, 0.25) is 0 Å². The summed E-state index contributed by atoms with van der Waals surface area (Å²) in [5.74, 6) is 2.68. The first kappa shape index (κ1) is 23.2. The van der Waals surface area contributed by atoms with Crippen LogP contribution in [0.15, 0.2) is 36.7 Å². The van der Waals surface area contributed by atoms with Crippen LogP contribution < -0.4 is 14.4 Å². The van der Waals surface area contributed by atoms with Crippen molar-refractivity contribution in [3.8, 4) is 23.1 Å². The highest BCUT2D eigenvalue weighted by molar-refractivity contribution is 5.85. The van der Waals surface area contributed by atoms with Crippen molar-refractivity contribution in [1.82, 2.24) is 19.9 Å². The second-order valence-electron chi connectivity index (χ2n) is 8.91. The van der Waals surface area contributed by atoms with Crippen LogP contribution in [0, 0.1) is 0 Å². The van der Waals surface area contributed by atoms with E-state index in [0.717, 1.165) is 60.7 Å².